The Hall–Kier alpha value is -1.89. The Morgan fingerprint density at radius 2 is 1.79 bits per heavy atom. The Morgan fingerprint density at radius 1 is 1.10 bits per heavy atom. The van der Waals surface area contributed by atoms with Crippen molar-refractivity contribution < 1.29 is 9.21 Å². The van der Waals surface area contributed by atoms with Crippen molar-refractivity contribution in [3.05, 3.63) is 46.4 Å². The first kappa shape index (κ1) is 23.4. The van der Waals surface area contributed by atoms with Gasteiger partial charge in [-0.05, 0) is 64.0 Å². The van der Waals surface area contributed by atoms with Crippen LogP contribution < -0.4 is 4.90 Å². The van der Waals surface area contributed by atoms with E-state index in [1.54, 1.807) is 11.3 Å². The van der Waals surface area contributed by atoms with Gasteiger partial charge in [-0.15, -0.1) is 12.4 Å². The van der Waals surface area contributed by atoms with Crippen molar-refractivity contribution in [3.63, 3.8) is 0 Å². The molecule has 0 aliphatic rings. The molecule has 0 fully saturated rings. The van der Waals surface area contributed by atoms with E-state index in [2.05, 4.69) is 44.7 Å². The zero-order valence-corrected chi connectivity index (χ0v) is 19.7. The zero-order chi connectivity index (χ0) is 20.4. The van der Waals surface area contributed by atoms with Crippen LogP contribution in [0.5, 0.6) is 0 Å². The molecule has 5 nitrogen and oxygen atoms in total. The molecule has 0 aliphatic heterocycles. The highest BCUT2D eigenvalue weighted by Gasteiger charge is 2.25. The van der Waals surface area contributed by atoms with E-state index in [1.807, 2.05) is 24.8 Å². The van der Waals surface area contributed by atoms with Gasteiger partial charge in [0.25, 0.3) is 5.91 Å². The molecule has 0 spiro atoms. The maximum absolute atomic E-state index is 13.4. The summed E-state index contributed by atoms with van der Waals surface area (Å²) < 4.78 is 6.72. The predicted molar refractivity (Wildman–Crippen MR) is 124 cm³/mol. The van der Waals surface area contributed by atoms with Crippen molar-refractivity contribution in [1.29, 1.82) is 0 Å². The number of furan rings is 1. The highest BCUT2D eigenvalue weighted by molar-refractivity contribution is 7.22. The third-order valence-electron chi connectivity index (χ3n) is 5.36. The average Bonchev–Trinajstić information content (AvgIpc) is 3.24. The van der Waals surface area contributed by atoms with Gasteiger partial charge in [-0.25, -0.2) is 4.98 Å². The summed E-state index contributed by atoms with van der Waals surface area (Å²) in [6, 6.07) is 6.04. The lowest BCUT2D eigenvalue weighted by Crippen LogP contribution is -2.39. The molecular weight excluding hydrogens is 406 g/mol. The molecule has 3 rings (SSSR count). The first-order valence-corrected chi connectivity index (χ1v) is 10.6. The molecule has 0 unspecified atom stereocenters. The minimum absolute atomic E-state index is 0. The van der Waals surface area contributed by atoms with Gasteiger partial charge in [-0.3, -0.25) is 9.69 Å². The fourth-order valence-electron chi connectivity index (χ4n) is 3.38. The van der Waals surface area contributed by atoms with E-state index in [9.17, 15) is 4.79 Å². The van der Waals surface area contributed by atoms with Crippen LogP contribution in [0.4, 0.5) is 5.13 Å². The Bertz CT molecular complexity index is 992. The number of amides is 1. The van der Waals surface area contributed by atoms with Crippen LogP contribution in [0.2, 0.25) is 0 Å². The van der Waals surface area contributed by atoms with Gasteiger partial charge in [0.05, 0.1) is 15.8 Å². The lowest BCUT2D eigenvalue weighted by molar-refractivity contribution is 0.0982. The second-order valence-corrected chi connectivity index (χ2v) is 8.17. The number of likely N-dealkylation sites (N-methyl/N-ethyl adjacent to an activating group) is 1. The SMILES string of the molecule is CCN(CC)CCN(C(=O)c1cc(C)oc1C)c1nc2c(C)c(C)ccc2s1.Cl. The zero-order valence-electron chi connectivity index (χ0n) is 18.0. The molecule has 158 valence electrons. The lowest BCUT2D eigenvalue weighted by atomic mass is 10.1. The summed E-state index contributed by atoms with van der Waals surface area (Å²) in [7, 11) is 0. The molecule has 0 saturated carbocycles. The van der Waals surface area contributed by atoms with E-state index in [0.29, 0.717) is 17.9 Å². The van der Waals surface area contributed by atoms with Gasteiger partial charge in [0.15, 0.2) is 5.13 Å². The average molecular weight is 436 g/mol. The number of aromatic nitrogens is 1. The van der Waals surface area contributed by atoms with Crippen molar-refractivity contribution in [2.75, 3.05) is 31.1 Å². The van der Waals surface area contributed by atoms with E-state index in [-0.39, 0.29) is 18.3 Å². The number of fused-ring (bicyclic) bond motifs is 1. The number of thiazole rings is 1. The number of benzene rings is 1. The quantitative estimate of drug-likeness (QED) is 0.489. The van der Waals surface area contributed by atoms with Gasteiger partial charge in [-0.1, -0.05) is 31.3 Å². The fraction of sp³-hybridized carbons (Fsp3) is 0.455. The largest absolute Gasteiger partial charge is 0.466 e. The molecule has 2 heterocycles. The number of carbonyl (C=O) groups excluding carboxylic acids is 1. The Morgan fingerprint density at radius 3 is 2.38 bits per heavy atom. The molecule has 3 aromatic rings. The van der Waals surface area contributed by atoms with Gasteiger partial charge >= 0.3 is 0 Å². The Balaban J connectivity index is 0.00000300. The molecular formula is C22H30ClN3O2S. The minimum Gasteiger partial charge on any atom is -0.466 e. The van der Waals surface area contributed by atoms with Crippen LogP contribution >= 0.6 is 23.7 Å². The molecule has 7 heteroatoms. The Kier molecular flexibility index (Phi) is 7.86. The van der Waals surface area contributed by atoms with Crippen LogP contribution in [0.15, 0.2) is 22.6 Å². The van der Waals surface area contributed by atoms with Crippen molar-refractivity contribution in [2.24, 2.45) is 0 Å². The first-order chi connectivity index (χ1) is 13.3. The van der Waals surface area contributed by atoms with Crippen LogP contribution in [0.3, 0.4) is 0 Å². The molecule has 0 N–H and O–H groups in total. The summed E-state index contributed by atoms with van der Waals surface area (Å²) >= 11 is 1.58. The third-order valence-corrected chi connectivity index (χ3v) is 6.40. The smallest absolute Gasteiger partial charge is 0.263 e. The number of hydrogen-bond donors (Lipinski definition) is 0. The van der Waals surface area contributed by atoms with E-state index < -0.39 is 0 Å². The predicted octanol–water partition coefficient (Wildman–Crippen LogP) is 5.53. The molecule has 1 aromatic carbocycles. The number of hydrogen-bond acceptors (Lipinski definition) is 5. The van der Waals surface area contributed by atoms with E-state index in [1.165, 1.54) is 11.1 Å². The molecule has 0 atom stereocenters. The summed E-state index contributed by atoms with van der Waals surface area (Å²) in [5, 5.41) is 0.749. The second kappa shape index (κ2) is 9.74. The fourth-order valence-corrected chi connectivity index (χ4v) is 4.43. The number of nitrogens with zero attached hydrogens (tertiary/aromatic N) is 3. The maximum Gasteiger partial charge on any atom is 0.263 e. The first-order valence-electron chi connectivity index (χ1n) is 9.83. The van der Waals surface area contributed by atoms with Crippen LogP contribution in [0, 0.1) is 27.7 Å². The summed E-state index contributed by atoms with van der Waals surface area (Å²) in [6.45, 7) is 15.5. The number of carbonyl (C=O) groups is 1. The Labute approximate surface area is 183 Å². The number of aryl methyl sites for hydroxylation is 4. The van der Waals surface area contributed by atoms with Gasteiger partial charge < -0.3 is 9.32 Å². The lowest BCUT2D eigenvalue weighted by Gasteiger charge is -2.24. The normalized spacial score (nSPS) is 11.1. The van der Waals surface area contributed by atoms with Gasteiger partial charge in [0.1, 0.15) is 11.5 Å². The number of anilines is 1. The minimum atomic E-state index is -0.0464. The molecule has 0 saturated heterocycles. The summed E-state index contributed by atoms with van der Waals surface area (Å²) in [6.07, 6.45) is 0. The van der Waals surface area contributed by atoms with Gasteiger partial charge in [0, 0.05) is 13.1 Å². The third kappa shape index (κ3) is 4.82. The van der Waals surface area contributed by atoms with Crippen LogP contribution in [0.25, 0.3) is 10.2 Å². The van der Waals surface area contributed by atoms with Gasteiger partial charge in [0.2, 0.25) is 0 Å². The van der Waals surface area contributed by atoms with Crippen LogP contribution in [0.1, 0.15) is 46.9 Å². The van der Waals surface area contributed by atoms with Crippen molar-refractivity contribution in [2.45, 2.75) is 41.5 Å². The van der Waals surface area contributed by atoms with Gasteiger partial charge in [-0.2, -0.15) is 0 Å². The van der Waals surface area contributed by atoms with Crippen LogP contribution in [-0.2, 0) is 0 Å². The van der Waals surface area contributed by atoms with Crippen LogP contribution in [-0.4, -0.2) is 42.0 Å². The standard InChI is InChI=1S/C22H29N3O2S.ClH/c1-7-24(8-2)11-12-25(21(26)18-13-15(4)27-17(18)6)22-23-20-16(5)14(3)9-10-19(20)28-22;/h9-10,13H,7-8,11-12H2,1-6H3;1H. The van der Waals surface area contributed by atoms with E-state index >= 15 is 0 Å². The molecule has 0 aliphatic carbocycles. The highest BCUT2D eigenvalue weighted by Crippen LogP contribution is 2.33. The molecule has 0 bridgehead atoms. The van der Waals surface area contributed by atoms with Crippen molar-refractivity contribution in [3.8, 4) is 0 Å². The van der Waals surface area contributed by atoms with Crippen molar-refractivity contribution in [1.82, 2.24) is 9.88 Å². The molecule has 1 amide bonds. The van der Waals surface area contributed by atoms with Crippen molar-refractivity contribution >= 4 is 45.0 Å². The maximum atomic E-state index is 13.4. The van der Waals surface area contributed by atoms with E-state index in [0.717, 1.165) is 40.7 Å². The molecule has 29 heavy (non-hydrogen) atoms. The summed E-state index contributed by atoms with van der Waals surface area (Å²) in [4.78, 5) is 22.4. The second-order valence-electron chi connectivity index (χ2n) is 7.16. The monoisotopic (exact) mass is 435 g/mol. The number of halogens is 1. The molecule has 2 aromatic heterocycles. The van der Waals surface area contributed by atoms with E-state index in [4.69, 9.17) is 9.40 Å². The summed E-state index contributed by atoms with van der Waals surface area (Å²) in [5.41, 5.74) is 3.99. The summed E-state index contributed by atoms with van der Waals surface area (Å²) in [5.74, 6) is 1.36. The number of rotatable bonds is 7. The molecule has 0 radical (unpaired) electrons. The topological polar surface area (TPSA) is 49.6 Å². The highest BCUT2D eigenvalue weighted by atomic mass is 35.5.